The van der Waals surface area contributed by atoms with Crippen LogP contribution in [0.4, 0.5) is 0 Å². The lowest BCUT2D eigenvalue weighted by Crippen LogP contribution is -2.08. The monoisotopic (exact) mass is 249 g/mol. The van der Waals surface area contributed by atoms with Gasteiger partial charge >= 0.3 is 5.97 Å². The molecule has 0 aliphatic carbocycles. The molecule has 18 heavy (non-hydrogen) atoms. The van der Waals surface area contributed by atoms with Crippen LogP contribution in [-0.2, 0) is 4.79 Å². The third-order valence-corrected chi connectivity index (χ3v) is 2.47. The number of rotatable bonds is 7. The molecule has 1 unspecified atom stereocenters. The van der Waals surface area contributed by atoms with Gasteiger partial charge in [0.1, 0.15) is 5.75 Å². The van der Waals surface area contributed by atoms with Crippen molar-refractivity contribution >= 4 is 12.0 Å². The summed E-state index contributed by atoms with van der Waals surface area (Å²) in [5.41, 5.74) is 0.603. The van der Waals surface area contributed by atoms with E-state index in [1.165, 1.54) is 6.08 Å². The number of carbonyl (C=O) groups is 1. The highest BCUT2D eigenvalue weighted by Crippen LogP contribution is 2.13. The zero-order valence-electron chi connectivity index (χ0n) is 10.8. The van der Waals surface area contributed by atoms with Crippen LogP contribution in [0.5, 0.6) is 5.75 Å². The molecule has 0 saturated heterocycles. The van der Waals surface area contributed by atoms with Crippen molar-refractivity contribution in [3.8, 4) is 5.75 Å². The van der Waals surface area contributed by atoms with Gasteiger partial charge in [0, 0.05) is 6.08 Å². The molecule has 98 valence electrons. The van der Waals surface area contributed by atoms with Crippen LogP contribution < -0.4 is 4.74 Å². The van der Waals surface area contributed by atoms with Crippen molar-refractivity contribution in [2.45, 2.75) is 26.7 Å². The Labute approximate surface area is 107 Å². The maximum absolute atomic E-state index is 10.3. The van der Waals surface area contributed by atoms with E-state index < -0.39 is 5.97 Å². The first kappa shape index (κ1) is 14.2. The second-order valence-corrected chi connectivity index (χ2v) is 4.30. The number of carboxylic acids is 1. The molecule has 4 nitrogen and oxygen atoms in total. The zero-order chi connectivity index (χ0) is 13.4. The number of pyridine rings is 1. The lowest BCUT2D eigenvalue weighted by Gasteiger charge is -2.11. The van der Waals surface area contributed by atoms with E-state index in [-0.39, 0.29) is 0 Å². The fourth-order valence-corrected chi connectivity index (χ4v) is 1.55. The summed E-state index contributed by atoms with van der Waals surface area (Å²) in [5, 5.41) is 8.49. The minimum Gasteiger partial charge on any atom is -0.492 e. The minimum atomic E-state index is -0.981. The van der Waals surface area contributed by atoms with Gasteiger partial charge in [-0.3, -0.25) is 4.98 Å². The Bertz CT molecular complexity index is 398. The quantitative estimate of drug-likeness (QED) is 0.755. The topological polar surface area (TPSA) is 59.4 Å². The molecule has 0 aromatic carbocycles. The Morgan fingerprint density at radius 1 is 1.56 bits per heavy atom. The Morgan fingerprint density at radius 2 is 2.33 bits per heavy atom. The molecule has 1 rings (SSSR count). The first-order chi connectivity index (χ1) is 8.61. The van der Waals surface area contributed by atoms with Crippen LogP contribution in [0.3, 0.4) is 0 Å². The highest BCUT2D eigenvalue weighted by molar-refractivity contribution is 5.84. The Morgan fingerprint density at radius 3 is 2.89 bits per heavy atom. The molecule has 0 radical (unpaired) electrons. The Hall–Kier alpha value is -1.84. The number of nitrogens with zero attached hydrogens (tertiary/aromatic N) is 1. The maximum Gasteiger partial charge on any atom is 0.328 e. The third kappa shape index (κ3) is 5.48. The average Bonchev–Trinajstić information content (AvgIpc) is 2.35. The molecule has 1 N–H and O–H groups in total. The molecule has 1 aromatic rings. The molecule has 0 saturated carbocycles. The van der Waals surface area contributed by atoms with Gasteiger partial charge in [-0.1, -0.05) is 20.3 Å². The summed E-state index contributed by atoms with van der Waals surface area (Å²) in [6, 6.07) is 3.53. The van der Waals surface area contributed by atoms with Gasteiger partial charge in [0.05, 0.1) is 18.5 Å². The number of hydrogen-bond donors (Lipinski definition) is 1. The summed E-state index contributed by atoms with van der Waals surface area (Å²) in [5.74, 6) is 0.262. The van der Waals surface area contributed by atoms with Crippen molar-refractivity contribution in [3.63, 3.8) is 0 Å². The van der Waals surface area contributed by atoms with Gasteiger partial charge in [-0.15, -0.1) is 0 Å². The van der Waals surface area contributed by atoms with Crippen LogP contribution in [0.2, 0.25) is 0 Å². The molecule has 0 aliphatic rings. The molecule has 0 bridgehead atoms. The lowest BCUT2D eigenvalue weighted by molar-refractivity contribution is -0.131. The molecule has 1 heterocycles. The van der Waals surface area contributed by atoms with E-state index >= 15 is 0 Å². The highest BCUT2D eigenvalue weighted by atomic mass is 16.5. The number of aromatic nitrogens is 1. The van der Waals surface area contributed by atoms with Crippen molar-refractivity contribution in [2.75, 3.05) is 6.61 Å². The van der Waals surface area contributed by atoms with Crippen LogP contribution in [-0.4, -0.2) is 22.7 Å². The van der Waals surface area contributed by atoms with E-state index in [1.54, 1.807) is 18.3 Å². The van der Waals surface area contributed by atoms with E-state index in [2.05, 4.69) is 18.8 Å². The number of carboxylic acid groups (broad SMARTS) is 1. The summed E-state index contributed by atoms with van der Waals surface area (Å²) in [6.45, 7) is 4.99. The fraction of sp³-hybridized carbons (Fsp3) is 0.429. The molecule has 0 amide bonds. The number of hydrogen-bond acceptors (Lipinski definition) is 3. The van der Waals surface area contributed by atoms with E-state index in [4.69, 9.17) is 9.84 Å². The predicted molar refractivity (Wildman–Crippen MR) is 70.5 cm³/mol. The molecule has 1 atom stereocenters. The zero-order valence-corrected chi connectivity index (χ0v) is 10.8. The number of aliphatic carboxylic acids is 1. The Kier molecular flexibility index (Phi) is 5.91. The maximum atomic E-state index is 10.3. The summed E-state index contributed by atoms with van der Waals surface area (Å²) < 4.78 is 5.60. The van der Waals surface area contributed by atoms with Crippen molar-refractivity contribution in [1.29, 1.82) is 0 Å². The molecule has 0 spiro atoms. The summed E-state index contributed by atoms with van der Waals surface area (Å²) >= 11 is 0. The standard InChI is InChI=1S/C14H19NO3/c1-3-4-11(2)10-18-13-7-5-12(15-9-13)6-8-14(16)17/h5-9,11H,3-4,10H2,1-2H3,(H,16,17). The van der Waals surface area contributed by atoms with E-state index in [0.717, 1.165) is 18.9 Å². The van der Waals surface area contributed by atoms with Crippen molar-refractivity contribution in [1.82, 2.24) is 4.98 Å². The first-order valence-corrected chi connectivity index (χ1v) is 6.11. The van der Waals surface area contributed by atoms with Crippen molar-refractivity contribution < 1.29 is 14.6 Å². The molecular weight excluding hydrogens is 230 g/mol. The molecule has 1 aromatic heterocycles. The second-order valence-electron chi connectivity index (χ2n) is 4.30. The minimum absolute atomic E-state index is 0.529. The summed E-state index contributed by atoms with van der Waals surface area (Å²) in [4.78, 5) is 14.4. The van der Waals surface area contributed by atoms with Crippen LogP contribution in [0, 0.1) is 5.92 Å². The summed E-state index contributed by atoms with van der Waals surface area (Å²) in [6.07, 6.45) is 6.42. The van der Waals surface area contributed by atoms with Crippen LogP contribution in [0.15, 0.2) is 24.4 Å². The molecule has 4 heteroatoms. The smallest absolute Gasteiger partial charge is 0.328 e. The largest absolute Gasteiger partial charge is 0.492 e. The normalized spacial score (nSPS) is 12.6. The van der Waals surface area contributed by atoms with Gasteiger partial charge in [0.2, 0.25) is 0 Å². The SMILES string of the molecule is CCCC(C)COc1ccc(C=CC(=O)O)nc1. The van der Waals surface area contributed by atoms with Crippen molar-refractivity contribution in [2.24, 2.45) is 5.92 Å². The Balaban J connectivity index is 2.47. The fourth-order valence-electron chi connectivity index (χ4n) is 1.55. The van der Waals surface area contributed by atoms with Crippen molar-refractivity contribution in [3.05, 3.63) is 30.1 Å². The van der Waals surface area contributed by atoms with E-state index in [9.17, 15) is 4.79 Å². The van der Waals surface area contributed by atoms with Crippen LogP contribution in [0.25, 0.3) is 6.08 Å². The lowest BCUT2D eigenvalue weighted by atomic mass is 10.1. The third-order valence-electron chi connectivity index (χ3n) is 2.47. The van der Waals surface area contributed by atoms with Gasteiger partial charge in [0.15, 0.2) is 0 Å². The van der Waals surface area contributed by atoms with Crippen LogP contribution in [0.1, 0.15) is 32.4 Å². The summed E-state index contributed by atoms with van der Waals surface area (Å²) in [7, 11) is 0. The highest BCUT2D eigenvalue weighted by Gasteiger charge is 2.02. The van der Waals surface area contributed by atoms with Crippen LogP contribution >= 0.6 is 0 Å². The molecule has 0 aliphatic heterocycles. The van der Waals surface area contributed by atoms with E-state index in [0.29, 0.717) is 24.0 Å². The molecular formula is C14H19NO3. The van der Waals surface area contributed by atoms with Gasteiger partial charge < -0.3 is 9.84 Å². The first-order valence-electron chi connectivity index (χ1n) is 6.11. The average molecular weight is 249 g/mol. The van der Waals surface area contributed by atoms with Gasteiger partial charge in [-0.05, 0) is 30.5 Å². The van der Waals surface area contributed by atoms with Gasteiger partial charge in [0.25, 0.3) is 0 Å². The second kappa shape index (κ2) is 7.48. The van der Waals surface area contributed by atoms with Gasteiger partial charge in [-0.2, -0.15) is 0 Å². The predicted octanol–water partition coefficient (Wildman–Crippen LogP) is 2.99. The van der Waals surface area contributed by atoms with E-state index in [1.807, 2.05) is 0 Å². The van der Waals surface area contributed by atoms with Gasteiger partial charge in [-0.25, -0.2) is 4.79 Å². The molecule has 0 fully saturated rings. The number of ether oxygens (including phenoxy) is 1.